The summed E-state index contributed by atoms with van der Waals surface area (Å²) in [4.78, 5) is 32.6. The van der Waals surface area contributed by atoms with Crippen LogP contribution in [0.2, 0.25) is 5.02 Å². The van der Waals surface area contributed by atoms with E-state index in [4.69, 9.17) is 38.5 Å². The van der Waals surface area contributed by atoms with Crippen LogP contribution in [-0.2, 0) is 15.3 Å². The van der Waals surface area contributed by atoms with Gasteiger partial charge in [-0.25, -0.2) is 9.97 Å². The quantitative estimate of drug-likeness (QED) is 0.102. The molecule has 1 amide bonds. The number of rotatable bonds is 16. The summed E-state index contributed by atoms with van der Waals surface area (Å²) < 4.78 is 5.84. The molecule has 2 aromatic heterocycles. The Labute approximate surface area is 284 Å². The number of aliphatic carboxylic acids is 1. The second-order valence-electron chi connectivity index (χ2n) is 10.3. The van der Waals surface area contributed by atoms with E-state index >= 15 is 0 Å². The van der Waals surface area contributed by atoms with Gasteiger partial charge in [0.1, 0.15) is 44.8 Å². The van der Waals surface area contributed by atoms with E-state index < -0.39 is 17.4 Å². The second kappa shape index (κ2) is 16.2. The number of thioether (sulfide) groups is 1. The molecule has 0 aliphatic heterocycles. The minimum Gasteiger partial charge on any atom is -0.494 e. The van der Waals surface area contributed by atoms with Gasteiger partial charge in [-0.3, -0.25) is 9.59 Å². The highest BCUT2D eigenvalue weighted by Gasteiger charge is 2.38. The van der Waals surface area contributed by atoms with Crippen LogP contribution < -0.4 is 27.3 Å². The smallest absolute Gasteiger partial charge is 0.324 e. The number of pyridine rings is 1. The zero-order valence-electron chi connectivity index (χ0n) is 25.0. The van der Waals surface area contributed by atoms with Crippen LogP contribution in [0, 0.1) is 22.7 Å². The summed E-state index contributed by atoms with van der Waals surface area (Å²) in [6, 6.07) is 18.3. The molecule has 0 bridgehead atoms. The molecular weight excluding hydrogens is 660 g/mol. The number of aromatic nitrogens is 2. The number of nitriles is 2. The number of thiazole rings is 1. The minimum absolute atomic E-state index is 0.00425. The Kier molecular flexibility index (Phi) is 12.1. The number of primary amides is 1. The lowest BCUT2D eigenvalue weighted by Gasteiger charge is -2.30. The van der Waals surface area contributed by atoms with Crippen LogP contribution in [0.5, 0.6) is 5.75 Å². The molecule has 2 heterocycles. The third-order valence-corrected chi connectivity index (χ3v) is 9.37. The molecule has 242 valence electrons. The van der Waals surface area contributed by atoms with Crippen LogP contribution in [0.15, 0.2) is 58.9 Å². The summed E-state index contributed by atoms with van der Waals surface area (Å²) in [5.41, 5.74) is 18.5. The van der Waals surface area contributed by atoms with Crippen molar-refractivity contribution in [1.29, 1.82) is 10.5 Å². The van der Waals surface area contributed by atoms with E-state index in [1.807, 2.05) is 17.5 Å². The van der Waals surface area contributed by atoms with Crippen molar-refractivity contribution in [3.8, 4) is 39.6 Å². The predicted molar refractivity (Wildman–Crippen MR) is 182 cm³/mol. The van der Waals surface area contributed by atoms with Crippen molar-refractivity contribution in [2.24, 2.45) is 11.5 Å². The predicted octanol–water partition coefficient (Wildman–Crippen LogP) is 4.55. The first-order valence-electron chi connectivity index (χ1n) is 14.3. The van der Waals surface area contributed by atoms with Crippen LogP contribution in [0.4, 0.5) is 5.82 Å². The van der Waals surface area contributed by atoms with Gasteiger partial charge in [-0.1, -0.05) is 47.6 Å². The number of nitrogens with two attached hydrogens (primary N) is 3. The second-order valence-corrected chi connectivity index (χ2v) is 12.5. The van der Waals surface area contributed by atoms with E-state index in [0.717, 1.165) is 16.3 Å². The normalized spacial score (nSPS) is 12.1. The first-order valence-corrected chi connectivity index (χ1v) is 16.5. The van der Waals surface area contributed by atoms with Crippen LogP contribution in [0.25, 0.3) is 21.7 Å². The van der Waals surface area contributed by atoms with Gasteiger partial charge in [-0.2, -0.15) is 10.5 Å². The van der Waals surface area contributed by atoms with Crippen LogP contribution >= 0.6 is 34.7 Å². The summed E-state index contributed by atoms with van der Waals surface area (Å²) in [5.74, 6) is -0.911. The fraction of sp³-hybridized carbons (Fsp3) is 0.250. The molecule has 0 unspecified atom stereocenters. The van der Waals surface area contributed by atoms with Gasteiger partial charge in [0.15, 0.2) is 0 Å². The Hall–Kier alpha value is -4.70. The summed E-state index contributed by atoms with van der Waals surface area (Å²) in [5, 5.41) is 36.7. The zero-order valence-corrected chi connectivity index (χ0v) is 27.4. The van der Waals surface area contributed by atoms with Crippen molar-refractivity contribution in [1.82, 2.24) is 15.3 Å². The highest BCUT2D eigenvalue weighted by atomic mass is 35.5. The van der Waals surface area contributed by atoms with Gasteiger partial charge in [-0.15, -0.1) is 11.3 Å². The van der Waals surface area contributed by atoms with E-state index in [0.29, 0.717) is 32.7 Å². The Morgan fingerprint density at radius 1 is 1.04 bits per heavy atom. The van der Waals surface area contributed by atoms with Gasteiger partial charge >= 0.3 is 5.97 Å². The molecule has 0 saturated carbocycles. The SMILES string of the molecule is N#Cc1c(N)nc(SCc2csc(-c3ccc(Cl)cc3)n2)c(C#N)c1-c1ccc(OCC[C@](CCC(N)=O)(NCCN)C(=O)O)cc1. The molecule has 8 N–H and O–H groups in total. The van der Waals surface area contributed by atoms with Gasteiger partial charge in [0.2, 0.25) is 5.91 Å². The third kappa shape index (κ3) is 8.77. The van der Waals surface area contributed by atoms with Gasteiger partial charge in [0.05, 0.1) is 17.9 Å². The number of anilines is 1. The number of halogens is 1. The molecule has 4 aromatic rings. The fourth-order valence-corrected chi connectivity index (χ4v) is 6.68. The monoisotopic (exact) mass is 690 g/mol. The molecule has 0 aliphatic rings. The number of nitrogen functional groups attached to an aromatic ring is 1. The molecule has 4 rings (SSSR count). The number of benzene rings is 2. The molecule has 2 aromatic carbocycles. The first kappa shape index (κ1) is 35.2. The number of amides is 1. The molecular formula is C32H31ClN8O4S2. The zero-order chi connectivity index (χ0) is 34.0. The topological polar surface area (TPSA) is 227 Å². The summed E-state index contributed by atoms with van der Waals surface area (Å²) >= 11 is 8.78. The molecule has 0 aliphatic carbocycles. The Bertz CT molecular complexity index is 1820. The van der Waals surface area contributed by atoms with Crippen LogP contribution in [-0.4, -0.2) is 52.2 Å². The van der Waals surface area contributed by atoms with E-state index in [9.17, 15) is 25.2 Å². The average molecular weight is 691 g/mol. The first-order chi connectivity index (χ1) is 22.6. The maximum Gasteiger partial charge on any atom is 0.324 e. The van der Waals surface area contributed by atoms with E-state index in [2.05, 4.69) is 22.4 Å². The number of carbonyl (C=O) groups excluding carboxylic acids is 1. The van der Waals surface area contributed by atoms with E-state index in [-0.39, 0.29) is 55.9 Å². The Balaban J connectivity index is 1.52. The fourth-order valence-electron chi connectivity index (χ4n) is 4.73. The largest absolute Gasteiger partial charge is 0.494 e. The molecule has 0 radical (unpaired) electrons. The number of nitrogens with zero attached hydrogens (tertiary/aromatic N) is 4. The Morgan fingerprint density at radius 3 is 2.34 bits per heavy atom. The van der Waals surface area contributed by atoms with Crippen molar-refractivity contribution in [2.75, 3.05) is 25.4 Å². The summed E-state index contributed by atoms with van der Waals surface area (Å²) in [7, 11) is 0. The number of nitrogens with one attached hydrogen (secondary N) is 1. The molecule has 47 heavy (non-hydrogen) atoms. The number of ether oxygens (including phenoxy) is 1. The van der Waals surface area contributed by atoms with Crippen LogP contribution in [0.3, 0.4) is 0 Å². The number of hydrogen-bond donors (Lipinski definition) is 5. The molecule has 0 saturated heterocycles. The number of carboxylic acid groups (broad SMARTS) is 1. The van der Waals surface area contributed by atoms with Crippen molar-refractivity contribution in [3.63, 3.8) is 0 Å². The molecule has 15 heteroatoms. The van der Waals surface area contributed by atoms with Gasteiger partial charge in [0, 0.05) is 53.2 Å². The molecule has 12 nitrogen and oxygen atoms in total. The van der Waals surface area contributed by atoms with Crippen molar-refractivity contribution >= 4 is 52.4 Å². The summed E-state index contributed by atoms with van der Waals surface area (Å²) in [6.45, 7) is 0.444. The molecule has 0 spiro atoms. The lowest BCUT2D eigenvalue weighted by Crippen LogP contribution is -2.54. The minimum atomic E-state index is -1.45. The van der Waals surface area contributed by atoms with Crippen molar-refractivity contribution in [2.45, 2.75) is 35.6 Å². The lowest BCUT2D eigenvalue weighted by molar-refractivity contribution is -0.146. The van der Waals surface area contributed by atoms with Crippen molar-refractivity contribution < 1.29 is 19.4 Å². The number of carboxylic acids is 1. The molecule has 1 atom stereocenters. The third-order valence-electron chi connectivity index (χ3n) is 7.17. The maximum absolute atomic E-state index is 12.2. The van der Waals surface area contributed by atoms with Gasteiger partial charge in [-0.05, 0) is 36.2 Å². The maximum atomic E-state index is 12.2. The van der Waals surface area contributed by atoms with Crippen molar-refractivity contribution in [3.05, 3.63) is 75.8 Å². The number of carbonyl (C=O) groups is 2. The highest BCUT2D eigenvalue weighted by Crippen LogP contribution is 2.38. The van der Waals surface area contributed by atoms with Crippen LogP contribution in [0.1, 0.15) is 36.1 Å². The van der Waals surface area contributed by atoms with Gasteiger partial charge < -0.3 is 32.4 Å². The lowest BCUT2D eigenvalue weighted by atomic mass is 9.89. The van der Waals surface area contributed by atoms with E-state index in [1.165, 1.54) is 23.1 Å². The molecule has 0 fully saturated rings. The average Bonchev–Trinajstić information content (AvgIpc) is 3.54. The van der Waals surface area contributed by atoms with Gasteiger partial charge in [0.25, 0.3) is 0 Å². The summed E-state index contributed by atoms with van der Waals surface area (Å²) in [6.07, 6.45) is -0.107. The Morgan fingerprint density at radius 2 is 1.72 bits per heavy atom. The standard InChI is InChI=1S/C32H31ClN8O4S2/c33-21-5-1-20(2-6-21)29-40-22(17-46-29)18-47-30-25(16-36)27(24(15-35)28(38)41-30)19-3-7-23(8-4-19)45-14-11-32(31(43)44,39-13-12-34)10-9-26(37)42/h1-8,17,39H,9-14,18,34H2,(H2,37,42)(H2,38,41)(H,43,44)/t32-/m0/s1. The van der Waals surface area contributed by atoms with E-state index in [1.54, 1.807) is 36.4 Å². The highest BCUT2D eigenvalue weighted by molar-refractivity contribution is 7.98. The number of hydrogen-bond acceptors (Lipinski definition) is 12.